The van der Waals surface area contributed by atoms with Crippen LogP contribution in [0.1, 0.15) is 30.8 Å². The Kier molecular flexibility index (Phi) is 4.77. The highest BCUT2D eigenvalue weighted by Crippen LogP contribution is 2.21. The van der Waals surface area contributed by atoms with E-state index in [0.29, 0.717) is 12.4 Å². The van der Waals surface area contributed by atoms with Crippen molar-refractivity contribution in [2.24, 2.45) is 5.84 Å². The summed E-state index contributed by atoms with van der Waals surface area (Å²) in [7, 11) is 0. The molecule has 0 aliphatic rings. The number of rotatable bonds is 6. The summed E-state index contributed by atoms with van der Waals surface area (Å²) in [6.45, 7) is 2.72. The molecule has 1 unspecified atom stereocenters. The van der Waals surface area contributed by atoms with Crippen LogP contribution in [0.4, 0.5) is 0 Å². The first-order chi connectivity index (χ1) is 9.35. The van der Waals surface area contributed by atoms with Crippen molar-refractivity contribution in [1.29, 1.82) is 0 Å². The Bertz CT molecular complexity index is 505. The van der Waals surface area contributed by atoms with Crippen LogP contribution in [0.2, 0.25) is 0 Å². The second-order valence-electron chi connectivity index (χ2n) is 4.01. The van der Waals surface area contributed by atoms with Gasteiger partial charge in [0, 0.05) is 18.6 Å². The first-order valence-electron chi connectivity index (χ1n) is 6.16. The Balaban J connectivity index is 2.23. The van der Waals surface area contributed by atoms with Gasteiger partial charge in [0.25, 0.3) is 0 Å². The Hall–Kier alpha value is -2.05. The summed E-state index contributed by atoms with van der Waals surface area (Å²) < 4.78 is 5.55. The molecule has 0 amide bonds. The van der Waals surface area contributed by atoms with Crippen LogP contribution in [-0.2, 0) is 0 Å². The van der Waals surface area contributed by atoms with E-state index in [1.165, 1.54) is 0 Å². The van der Waals surface area contributed by atoms with Crippen LogP contribution in [0.5, 0.6) is 5.75 Å². The highest BCUT2D eigenvalue weighted by molar-refractivity contribution is 5.29. The van der Waals surface area contributed by atoms with Crippen molar-refractivity contribution in [3.8, 4) is 5.75 Å². The molecule has 0 aliphatic carbocycles. The highest BCUT2D eigenvalue weighted by atomic mass is 16.5. The van der Waals surface area contributed by atoms with E-state index >= 15 is 0 Å². The van der Waals surface area contributed by atoms with E-state index < -0.39 is 0 Å². The molecule has 2 aromatic heterocycles. The molecule has 1 atom stereocenters. The molecule has 0 fully saturated rings. The van der Waals surface area contributed by atoms with Crippen molar-refractivity contribution in [3.63, 3.8) is 0 Å². The number of pyridine rings is 1. The summed E-state index contributed by atoms with van der Waals surface area (Å²) in [6.07, 6.45) is 7.71. The molecule has 0 spiro atoms. The molecular weight excluding hydrogens is 242 g/mol. The third-order valence-corrected chi connectivity index (χ3v) is 2.55. The first kappa shape index (κ1) is 13.4. The molecule has 0 saturated heterocycles. The maximum absolute atomic E-state index is 5.59. The lowest BCUT2D eigenvalue weighted by Crippen LogP contribution is -2.30. The van der Waals surface area contributed by atoms with Crippen molar-refractivity contribution in [2.45, 2.75) is 19.4 Å². The van der Waals surface area contributed by atoms with E-state index in [4.69, 9.17) is 10.6 Å². The molecule has 2 rings (SSSR count). The van der Waals surface area contributed by atoms with Gasteiger partial charge in [-0.25, -0.2) is 15.4 Å². The highest BCUT2D eigenvalue weighted by Gasteiger charge is 2.15. The van der Waals surface area contributed by atoms with Crippen molar-refractivity contribution in [2.75, 3.05) is 6.61 Å². The van der Waals surface area contributed by atoms with Gasteiger partial charge in [-0.05, 0) is 24.1 Å². The number of nitrogens with one attached hydrogen (secondary N) is 1. The molecular formula is C13H17N5O. The number of hydrogen-bond acceptors (Lipinski definition) is 6. The number of nitrogens with two attached hydrogens (primary N) is 1. The molecule has 0 aromatic carbocycles. The quantitative estimate of drug-likeness (QED) is 0.599. The van der Waals surface area contributed by atoms with Gasteiger partial charge in [-0.1, -0.05) is 6.92 Å². The zero-order valence-corrected chi connectivity index (χ0v) is 10.8. The number of nitrogens with zero attached hydrogens (tertiary/aromatic N) is 3. The largest absolute Gasteiger partial charge is 0.492 e. The zero-order chi connectivity index (χ0) is 13.5. The minimum atomic E-state index is -0.307. The van der Waals surface area contributed by atoms with Gasteiger partial charge in [-0.2, -0.15) is 0 Å². The fourth-order valence-electron chi connectivity index (χ4n) is 1.67. The van der Waals surface area contributed by atoms with E-state index in [-0.39, 0.29) is 6.04 Å². The van der Waals surface area contributed by atoms with E-state index in [9.17, 15) is 0 Å². The third kappa shape index (κ3) is 3.46. The van der Waals surface area contributed by atoms with Gasteiger partial charge < -0.3 is 4.74 Å². The van der Waals surface area contributed by atoms with Crippen LogP contribution >= 0.6 is 0 Å². The molecule has 100 valence electrons. The Labute approximate surface area is 112 Å². The van der Waals surface area contributed by atoms with Gasteiger partial charge >= 0.3 is 0 Å². The fourth-order valence-corrected chi connectivity index (χ4v) is 1.67. The minimum absolute atomic E-state index is 0.307. The number of ether oxygens (including phenoxy) is 1. The van der Waals surface area contributed by atoms with E-state index in [1.807, 2.05) is 6.07 Å². The summed E-state index contributed by atoms with van der Waals surface area (Å²) in [6, 6.07) is 3.35. The SMILES string of the molecule is CCCOc1cncc(C(NN)c2ncccn2)c1. The van der Waals surface area contributed by atoms with Crippen molar-refractivity contribution >= 4 is 0 Å². The van der Waals surface area contributed by atoms with E-state index in [1.54, 1.807) is 30.9 Å². The van der Waals surface area contributed by atoms with E-state index in [0.717, 1.165) is 17.7 Å². The minimum Gasteiger partial charge on any atom is -0.492 e. The molecule has 3 N–H and O–H groups in total. The fraction of sp³-hybridized carbons (Fsp3) is 0.308. The lowest BCUT2D eigenvalue weighted by molar-refractivity contribution is 0.315. The summed E-state index contributed by atoms with van der Waals surface area (Å²) in [4.78, 5) is 12.5. The zero-order valence-electron chi connectivity index (χ0n) is 10.8. The van der Waals surface area contributed by atoms with Crippen LogP contribution in [-0.4, -0.2) is 21.6 Å². The smallest absolute Gasteiger partial charge is 0.150 e. The molecule has 0 saturated carbocycles. The first-order valence-corrected chi connectivity index (χ1v) is 6.16. The van der Waals surface area contributed by atoms with Crippen molar-refractivity contribution in [1.82, 2.24) is 20.4 Å². The molecule has 2 heterocycles. The maximum Gasteiger partial charge on any atom is 0.150 e. The molecule has 6 heteroatoms. The Morgan fingerprint density at radius 1 is 1.32 bits per heavy atom. The average molecular weight is 259 g/mol. The predicted octanol–water partition coefficient (Wildman–Crippen LogP) is 1.21. The molecule has 0 bridgehead atoms. The molecule has 2 aromatic rings. The molecule has 19 heavy (non-hydrogen) atoms. The monoisotopic (exact) mass is 259 g/mol. The standard InChI is InChI=1S/C13H17N5O/c1-2-6-19-11-7-10(8-15-9-11)12(18-14)13-16-4-3-5-17-13/h3-5,7-9,12,18H,2,6,14H2,1H3. The Morgan fingerprint density at radius 2 is 2.11 bits per heavy atom. The van der Waals surface area contributed by atoms with Crippen molar-refractivity contribution < 1.29 is 4.74 Å². The summed E-state index contributed by atoms with van der Waals surface area (Å²) in [5.74, 6) is 6.90. The van der Waals surface area contributed by atoms with Gasteiger partial charge in [0.1, 0.15) is 11.8 Å². The predicted molar refractivity (Wildman–Crippen MR) is 71.2 cm³/mol. The van der Waals surface area contributed by atoms with Gasteiger partial charge in [-0.15, -0.1) is 0 Å². The van der Waals surface area contributed by atoms with Gasteiger partial charge in [0.05, 0.1) is 12.8 Å². The van der Waals surface area contributed by atoms with Crippen LogP contribution in [0.15, 0.2) is 36.9 Å². The number of aromatic nitrogens is 3. The average Bonchev–Trinajstić information content (AvgIpc) is 2.47. The maximum atomic E-state index is 5.59. The van der Waals surface area contributed by atoms with Crippen LogP contribution in [0, 0.1) is 0 Å². The summed E-state index contributed by atoms with van der Waals surface area (Å²) >= 11 is 0. The van der Waals surface area contributed by atoms with Gasteiger partial charge in [0.2, 0.25) is 0 Å². The summed E-state index contributed by atoms with van der Waals surface area (Å²) in [5.41, 5.74) is 3.56. The Morgan fingerprint density at radius 3 is 2.79 bits per heavy atom. The number of hydrazine groups is 1. The number of hydrogen-bond donors (Lipinski definition) is 2. The topological polar surface area (TPSA) is 86.0 Å². The van der Waals surface area contributed by atoms with Crippen LogP contribution in [0.25, 0.3) is 0 Å². The van der Waals surface area contributed by atoms with Crippen LogP contribution in [0.3, 0.4) is 0 Å². The molecule has 6 nitrogen and oxygen atoms in total. The lowest BCUT2D eigenvalue weighted by Gasteiger charge is -2.15. The van der Waals surface area contributed by atoms with Gasteiger partial charge in [0.15, 0.2) is 5.82 Å². The van der Waals surface area contributed by atoms with Crippen LogP contribution < -0.4 is 16.0 Å². The second kappa shape index (κ2) is 6.77. The van der Waals surface area contributed by atoms with Crippen molar-refractivity contribution in [3.05, 3.63) is 48.3 Å². The third-order valence-electron chi connectivity index (χ3n) is 2.55. The summed E-state index contributed by atoms with van der Waals surface area (Å²) in [5, 5.41) is 0. The normalized spacial score (nSPS) is 12.1. The molecule has 0 radical (unpaired) electrons. The second-order valence-corrected chi connectivity index (χ2v) is 4.01. The van der Waals surface area contributed by atoms with E-state index in [2.05, 4.69) is 27.3 Å². The van der Waals surface area contributed by atoms with Gasteiger partial charge in [-0.3, -0.25) is 10.8 Å². The lowest BCUT2D eigenvalue weighted by atomic mass is 10.1. The molecule has 0 aliphatic heterocycles.